The Kier molecular flexibility index (Phi) is 4.09. The molecule has 2 heterocycles. The number of ketones is 1. The molecule has 1 atom stereocenters. The molecule has 1 aliphatic rings. The first-order valence-electron chi connectivity index (χ1n) is 7.39. The lowest BCUT2D eigenvalue weighted by molar-refractivity contribution is -0.116. The normalized spacial score (nSPS) is 17.4. The predicted octanol–water partition coefficient (Wildman–Crippen LogP) is 4.08. The van der Waals surface area contributed by atoms with E-state index in [-0.39, 0.29) is 11.9 Å². The van der Waals surface area contributed by atoms with Crippen LogP contribution in [0, 0.1) is 0 Å². The number of allylic oxidation sites excluding steroid dienone is 2. The van der Waals surface area contributed by atoms with E-state index < -0.39 is 0 Å². The van der Waals surface area contributed by atoms with Gasteiger partial charge in [-0.05, 0) is 30.5 Å². The maximum atomic E-state index is 11.2. The summed E-state index contributed by atoms with van der Waals surface area (Å²) in [6, 6.07) is 6.42. The van der Waals surface area contributed by atoms with Crippen LogP contribution in [0.25, 0.3) is 15.7 Å². The molecule has 1 aromatic carbocycles. The Morgan fingerprint density at radius 3 is 3.05 bits per heavy atom. The molecule has 0 aliphatic carbocycles. The third-order valence-corrected chi connectivity index (χ3v) is 5.04. The van der Waals surface area contributed by atoms with Crippen molar-refractivity contribution in [2.45, 2.75) is 32.9 Å². The standard InChI is InChI=1S/C17H19N3OS/c1-3-11(5-4-10(2)21)12-6-7-13-14(8-12)22-16-15(13)19-9-20-17(16)18/h5-9,17H,3-4,18H2,1-2H3,(H,19,20)/b11-5+. The van der Waals surface area contributed by atoms with Crippen molar-refractivity contribution in [1.29, 1.82) is 0 Å². The molecule has 3 N–H and O–H groups in total. The number of nitrogens with two attached hydrogens (primary N) is 1. The zero-order valence-electron chi connectivity index (χ0n) is 12.7. The number of hydrogen-bond donors (Lipinski definition) is 2. The number of fused-ring (bicyclic) bond motifs is 3. The van der Waals surface area contributed by atoms with Crippen LogP contribution >= 0.6 is 11.3 Å². The Bertz CT molecular complexity index is 789. The summed E-state index contributed by atoms with van der Waals surface area (Å²) in [6.07, 6.45) is 4.81. The number of benzene rings is 1. The van der Waals surface area contributed by atoms with Gasteiger partial charge in [0, 0.05) is 16.5 Å². The second-order valence-corrected chi connectivity index (χ2v) is 6.49. The average molecular weight is 313 g/mol. The number of Topliss-reactive ketones (excluding diaryl/α,β-unsaturated/α-hetero) is 1. The first-order valence-corrected chi connectivity index (χ1v) is 8.21. The van der Waals surface area contributed by atoms with Gasteiger partial charge in [0.25, 0.3) is 0 Å². The van der Waals surface area contributed by atoms with Crippen molar-refractivity contribution in [1.82, 2.24) is 0 Å². The fourth-order valence-electron chi connectivity index (χ4n) is 2.66. The van der Waals surface area contributed by atoms with E-state index >= 15 is 0 Å². The summed E-state index contributed by atoms with van der Waals surface area (Å²) >= 11 is 1.68. The minimum Gasteiger partial charge on any atom is -0.345 e. The van der Waals surface area contributed by atoms with Crippen LogP contribution in [-0.4, -0.2) is 12.1 Å². The molecule has 0 amide bonds. The van der Waals surface area contributed by atoms with Gasteiger partial charge in [0.2, 0.25) is 0 Å². The second kappa shape index (κ2) is 6.02. The minimum absolute atomic E-state index is 0.186. The van der Waals surface area contributed by atoms with Crippen LogP contribution in [0.4, 0.5) is 5.69 Å². The Morgan fingerprint density at radius 2 is 2.32 bits per heavy atom. The molecule has 22 heavy (non-hydrogen) atoms. The summed E-state index contributed by atoms with van der Waals surface area (Å²) < 4.78 is 1.19. The van der Waals surface area contributed by atoms with Gasteiger partial charge in [0.05, 0.1) is 16.9 Å². The fourth-order valence-corrected chi connectivity index (χ4v) is 3.81. The topological polar surface area (TPSA) is 67.5 Å². The molecule has 3 rings (SSSR count). The van der Waals surface area contributed by atoms with Gasteiger partial charge in [0.1, 0.15) is 11.9 Å². The van der Waals surface area contributed by atoms with Crippen molar-refractivity contribution in [2.75, 3.05) is 5.32 Å². The molecule has 0 saturated heterocycles. The third-order valence-electron chi connectivity index (χ3n) is 3.82. The Balaban J connectivity index is 2.03. The molecule has 1 aliphatic heterocycles. The van der Waals surface area contributed by atoms with Gasteiger partial charge >= 0.3 is 0 Å². The maximum absolute atomic E-state index is 11.2. The molecule has 4 nitrogen and oxygen atoms in total. The van der Waals surface area contributed by atoms with Crippen LogP contribution in [0.2, 0.25) is 0 Å². The predicted molar refractivity (Wildman–Crippen MR) is 94.4 cm³/mol. The number of rotatable bonds is 4. The van der Waals surface area contributed by atoms with E-state index in [0.29, 0.717) is 6.42 Å². The number of aliphatic imine (C=N–C) groups is 1. The highest BCUT2D eigenvalue weighted by molar-refractivity contribution is 7.20. The van der Waals surface area contributed by atoms with E-state index in [0.717, 1.165) is 17.0 Å². The average Bonchev–Trinajstić information content (AvgIpc) is 2.87. The molecule has 0 bridgehead atoms. The first-order chi connectivity index (χ1) is 10.6. The monoisotopic (exact) mass is 313 g/mol. The van der Waals surface area contributed by atoms with Crippen molar-refractivity contribution < 1.29 is 4.79 Å². The van der Waals surface area contributed by atoms with Gasteiger partial charge in [-0.25, -0.2) is 0 Å². The fraction of sp³-hybridized carbons (Fsp3) is 0.294. The largest absolute Gasteiger partial charge is 0.345 e. The number of nitrogens with zero attached hydrogens (tertiary/aromatic N) is 1. The van der Waals surface area contributed by atoms with Gasteiger partial charge < -0.3 is 11.1 Å². The minimum atomic E-state index is -0.281. The smallest absolute Gasteiger partial charge is 0.136 e. The summed E-state index contributed by atoms with van der Waals surface area (Å²) in [4.78, 5) is 16.5. The van der Waals surface area contributed by atoms with Crippen molar-refractivity contribution >= 4 is 44.8 Å². The number of anilines is 1. The first kappa shape index (κ1) is 14.9. The highest BCUT2D eigenvalue weighted by Gasteiger charge is 2.19. The lowest BCUT2D eigenvalue weighted by Gasteiger charge is -2.13. The molecule has 1 aromatic heterocycles. The SMILES string of the molecule is CC/C(=C\CC(C)=O)c1ccc2c3c(sc2c1)C(N)N=CN3. The van der Waals surface area contributed by atoms with Gasteiger partial charge in [-0.1, -0.05) is 25.1 Å². The van der Waals surface area contributed by atoms with Crippen LogP contribution < -0.4 is 11.1 Å². The summed E-state index contributed by atoms with van der Waals surface area (Å²) in [7, 11) is 0. The third kappa shape index (κ3) is 2.69. The van der Waals surface area contributed by atoms with Gasteiger partial charge in [-0.3, -0.25) is 9.79 Å². The number of hydrogen-bond acceptors (Lipinski definition) is 5. The molecule has 0 radical (unpaired) electrons. The lowest BCUT2D eigenvalue weighted by Crippen LogP contribution is -2.14. The zero-order valence-corrected chi connectivity index (χ0v) is 13.5. The molecule has 114 valence electrons. The molecular formula is C17H19N3OS. The van der Waals surface area contributed by atoms with Crippen molar-refractivity contribution in [2.24, 2.45) is 10.7 Å². The van der Waals surface area contributed by atoms with Crippen molar-refractivity contribution in [3.63, 3.8) is 0 Å². The number of thiophene rings is 1. The van der Waals surface area contributed by atoms with Crippen LogP contribution in [-0.2, 0) is 4.79 Å². The quantitative estimate of drug-likeness (QED) is 0.893. The zero-order chi connectivity index (χ0) is 15.7. The maximum Gasteiger partial charge on any atom is 0.136 e. The summed E-state index contributed by atoms with van der Waals surface area (Å²) in [5, 5.41) is 4.37. The van der Waals surface area contributed by atoms with Crippen LogP contribution in [0.1, 0.15) is 43.3 Å². The number of carbonyl (C=O) groups excluding carboxylic acids is 1. The van der Waals surface area contributed by atoms with Crippen molar-refractivity contribution in [3.05, 3.63) is 34.7 Å². The van der Waals surface area contributed by atoms with E-state index in [2.05, 4.69) is 35.4 Å². The summed E-state index contributed by atoms with van der Waals surface area (Å²) in [6.45, 7) is 3.73. The summed E-state index contributed by atoms with van der Waals surface area (Å²) in [5.74, 6) is 0.186. The Morgan fingerprint density at radius 1 is 1.50 bits per heavy atom. The molecule has 5 heteroatoms. The van der Waals surface area contributed by atoms with E-state index in [1.54, 1.807) is 24.6 Å². The van der Waals surface area contributed by atoms with Crippen LogP contribution in [0.5, 0.6) is 0 Å². The van der Waals surface area contributed by atoms with Crippen LogP contribution in [0.3, 0.4) is 0 Å². The molecule has 1 unspecified atom stereocenters. The molecule has 0 fully saturated rings. The van der Waals surface area contributed by atoms with Crippen molar-refractivity contribution in [3.8, 4) is 0 Å². The van der Waals surface area contributed by atoms with E-state index in [4.69, 9.17) is 5.73 Å². The lowest BCUT2D eigenvalue weighted by atomic mass is 10.0. The van der Waals surface area contributed by atoms with Crippen LogP contribution in [0.15, 0.2) is 29.3 Å². The molecule has 0 spiro atoms. The molecule has 0 saturated carbocycles. The molecular weight excluding hydrogens is 294 g/mol. The highest BCUT2D eigenvalue weighted by Crippen LogP contribution is 2.41. The van der Waals surface area contributed by atoms with E-state index in [9.17, 15) is 4.79 Å². The number of nitrogens with one attached hydrogen (secondary N) is 1. The highest BCUT2D eigenvalue weighted by atomic mass is 32.1. The van der Waals surface area contributed by atoms with Gasteiger partial charge in [-0.2, -0.15) is 0 Å². The van der Waals surface area contributed by atoms with E-state index in [1.165, 1.54) is 21.2 Å². The van der Waals surface area contributed by atoms with Gasteiger partial charge in [-0.15, -0.1) is 11.3 Å². The Labute approximate surface area is 133 Å². The van der Waals surface area contributed by atoms with E-state index in [1.807, 2.05) is 6.08 Å². The number of carbonyl (C=O) groups is 1. The second-order valence-electron chi connectivity index (χ2n) is 5.41. The Hall–Kier alpha value is -1.98. The van der Waals surface area contributed by atoms with Gasteiger partial charge in [0.15, 0.2) is 0 Å². The summed E-state index contributed by atoms with van der Waals surface area (Å²) in [5.41, 5.74) is 9.48. The molecule has 2 aromatic rings.